The third-order valence-electron chi connectivity index (χ3n) is 9.73. The average molecular weight is 555 g/mol. The molecule has 1 unspecified atom stereocenters. The van der Waals surface area contributed by atoms with Gasteiger partial charge in [0.25, 0.3) is 0 Å². The SMILES string of the molecule is CC(C)(C)OC(=O)N1CCCC1COCCC(=O)N[C@H](Cc1ccccc1)B1O[C@@H]2C[C@@H]3C[C@@H](C3(C)C)[C@]2(C)O1. The van der Waals surface area contributed by atoms with Crippen LogP contribution in [0.1, 0.15) is 79.2 Å². The van der Waals surface area contributed by atoms with E-state index in [1.54, 1.807) is 4.90 Å². The van der Waals surface area contributed by atoms with Crippen molar-refractivity contribution in [2.75, 3.05) is 19.8 Å². The largest absolute Gasteiger partial charge is 0.482 e. The van der Waals surface area contributed by atoms with Gasteiger partial charge in [0, 0.05) is 13.0 Å². The molecule has 2 heterocycles. The molecular weight excluding hydrogens is 507 g/mol. The van der Waals surface area contributed by atoms with E-state index in [-0.39, 0.29) is 54.1 Å². The van der Waals surface area contributed by atoms with Gasteiger partial charge in [0.15, 0.2) is 0 Å². The van der Waals surface area contributed by atoms with Crippen molar-refractivity contribution in [1.29, 1.82) is 0 Å². The Morgan fingerprint density at radius 3 is 2.62 bits per heavy atom. The van der Waals surface area contributed by atoms with Gasteiger partial charge in [-0.1, -0.05) is 44.2 Å². The van der Waals surface area contributed by atoms with Crippen molar-refractivity contribution in [3.63, 3.8) is 0 Å². The highest BCUT2D eigenvalue weighted by Gasteiger charge is 2.68. The van der Waals surface area contributed by atoms with Crippen molar-refractivity contribution in [1.82, 2.24) is 10.2 Å². The zero-order chi connectivity index (χ0) is 28.7. The van der Waals surface area contributed by atoms with E-state index in [0.717, 1.165) is 24.8 Å². The van der Waals surface area contributed by atoms with Gasteiger partial charge in [-0.05, 0) is 82.6 Å². The van der Waals surface area contributed by atoms with E-state index >= 15 is 0 Å². The number of nitrogens with one attached hydrogen (secondary N) is 1. The summed E-state index contributed by atoms with van der Waals surface area (Å²) in [6.07, 6.45) is 4.63. The zero-order valence-electron chi connectivity index (χ0n) is 25.1. The Kier molecular flexibility index (Phi) is 8.30. The summed E-state index contributed by atoms with van der Waals surface area (Å²) in [5.41, 5.74) is 0.534. The van der Waals surface area contributed by atoms with Crippen LogP contribution in [0.2, 0.25) is 0 Å². The van der Waals surface area contributed by atoms with Crippen LogP contribution >= 0.6 is 0 Å². The van der Waals surface area contributed by atoms with Crippen molar-refractivity contribution in [2.24, 2.45) is 17.3 Å². The van der Waals surface area contributed by atoms with Crippen LogP contribution in [0.25, 0.3) is 0 Å². The van der Waals surface area contributed by atoms with Crippen molar-refractivity contribution >= 4 is 19.1 Å². The number of carbonyl (C=O) groups excluding carboxylic acids is 2. The fourth-order valence-corrected chi connectivity index (χ4v) is 7.39. The second kappa shape index (κ2) is 11.3. The van der Waals surface area contributed by atoms with Gasteiger partial charge in [0.05, 0.1) is 36.9 Å². The van der Waals surface area contributed by atoms with Gasteiger partial charge in [0.1, 0.15) is 5.60 Å². The van der Waals surface area contributed by atoms with E-state index in [0.29, 0.717) is 31.4 Å². The first-order chi connectivity index (χ1) is 18.9. The Bertz CT molecular complexity index is 1060. The molecule has 8 nitrogen and oxygen atoms in total. The number of ether oxygens (including phenoxy) is 2. The van der Waals surface area contributed by atoms with Gasteiger partial charge >= 0.3 is 13.2 Å². The number of rotatable bonds is 9. The van der Waals surface area contributed by atoms with Crippen LogP contribution in [0.15, 0.2) is 30.3 Å². The summed E-state index contributed by atoms with van der Waals surface area (Å²) in [7, 11) is -0.490. The Labute approximate surface area is 240 Å². The normalized spacial score (nSPS) is 31.4. The minimum atomic E-state index is -0.530. The highest BCUT2D eigenvalue weighted by atomic mass is 16.7. The fourth-order valence-electron chi connectivity index (χ4n) is 7.39. The minimum Gasteiger partial charge on any atom is -0.444 e. The van der Waals surface area contributed by atoms with Gasteiger partial charge in [-0.2, -0.15) is 0 Å². The lowest BCUT2D eigenvalue weighted by Crippen LogP contribution is -2.65. The minimum absolute atomic E-state index is 0.0244. The van der Waals surface area contributed by atoms with Gasteiger partial charge in [0.2, 0.25) is 5.91 Å². The van der Waals surface area contributed by atoms with Crippen molar-refractivity contribution < 1.29 is 28.4 Å². The number of hydrogen-bond donors (Lipinski definition) is 1. The molecule has 0 aromatic heterocycles. The molecule has 40 heavy (non-hydrogen) atoms. The van der Waals surface area contributed by atoms with Crippen LogP contribution in [-0.2, 0) is 30.0 Å². The number of carbonyl (C=O) groups is 2. The van der Waals surface area contributed by atoms with E-state index in [1.165, 1.54) is 6.42 Å². The molecule has 3 aliphatic carbocycles. The molecule has 3 saturated carbocycles. The zero-order valence-corrected chi connectivity index (χ0v) is 25.1. The summed E-state index contributed by atoms with van der Waals surface area (Å²) in [6.45, 7) is 13.9. The summed E-state index contributed by atoms with van der Waals surface area (Å²) in [6, 6.07) is 10.1. The number of benzene rings is 1. The third kappa shape index (κ3) is 6.07. The first-order valence-corrected chi connectivity index (χ1v) is 15.1. The summed E-state index contributed by atoms with van der Waals surface area (Å²) in [4.78, 5) is 27.4. The lowest BCUT2D eigenvalue weighted by Gasteiger charge is -2.64. The quantitative estimate of drug-likeness (QED) is 0.349. The van der Waals surface area contributed by atoms with Crippen molar-refractivity contribution in [3.05, 3.63) is 35.9 Å². The molecule has 9 heteroatoms. The van der Waals surface area contributed by atoms with Crippen LogP contribution in [0.4, 0.5) is 4.79 Å². The molecule has 0 radical (unpaired) electrons. The van der Waals surface area contributed by atoms with Crippen molar-refractivity contribution in [3.8, 4) is 0 Å². The highest BCUT2D eigenvalue weighted by Crippen LogP contribution is 2.65. The molecule has 2 saturated heterocycles. The van der Waals surface area contributed by atoms with Crippen LogP contribution in [-0.4, -0.2) is 73.1 Å². The van der Waals surface area contributed by atoms with E-state index in [1.807, 2.05) is 39.0 Å². The number of nitrogens with zero attached hydrogens (tertiary/aromatic N) is 1. The van der Waals surface area contributed by atoms with E-state index in [4.69, 9.17) is 18.8 Å². The monoisotopic (exact) mass is 554 g/mol. The predicted octanol–water partition coefficient (Wildman–Crippen LogP) is 4.79. The summed E-state index contributed by atoms with van der Waals surface area (Å²) in [5, 5.41) is 3.21. The van der Waals surface area contributed by atoms with Crippen LogP contribution in [0, 0.1) is 17.3 Å². The second-order valence-electron chi connectivity index (χ2n) is 14.0. The standard InChI is InChI=1S/C31H47BN2O6/c1-29(2,3)38-28(36)34-15-10-13-23(34)20-37-16-14-27(35)33-26(17-21-11-8-7-9-12-21)32-39-25-19-22-18-24(30(22,4)5)31(25,6)40-32/h7-9,11-12,22-26H,10,13-20H2,1-6H3,(H,33,35)/t22-,23?,24-,25+,26+,31-/m0/s1. The second-order valence-corrected chi connectivity index (χ2v) is 14.0. The Hall–Kier alpha value is -2.10. The van der Waals surface area contributed by atoms with E-state index < -0.39 is 12.7 Å². The highest BCUT2D eigenvalue weighted by molar-refractivity contribution is 6.48. The molecule has 2 bridgehead atoms. The van der Waals surface area contributed by atoms with Crippen molar-refractivity contribution in [2.45, 2.75) is 109 Å². The molecular formula is C31H47BN2O6. The number of hydrogen-bond acceptors (Lipinski definition) is 6. The molecule has 1 aromatic carbocycles. The third-order valence-corrected chi connectivity index (χ3v) is 9.73. The Morgan fingerprint density at radius 2 is 1.93 bits per heavy atom. The number of amides is 2. The van der Waals surface area contributed by atoms with Gasteiger partial charge < -0.3 is 29.0 Å². The molecule has 0 spiro atoms. The molecule has 6 rings (SSSR count). The molecule has 5 fully saturated rings. The summed E-state index contributed by atoms with van der Waals surface area (Å²) >= 11 is 0. The van der Waals surface area contributed by atoms with Gasteiger partial charge in [-0.15, -0.1) is 0 Å². The molecule has 1 aromatic rings. The first-order valence-electron chi connectivity index (χ1n) is 15.1. The molecule has 2 aliphatic heterocycles. The topological polar surface area (TPSA) is 86.3 Å². The van der Waals surface area contributed by atoms with Gasteiger partial charge in [-0.3, -0.25) is 4.79 Å². The lowest BCUT2D eigenvalue weighted by atomic mass is 9.43. The van der Waals surface area contributed by atoms with E-state index in [9.17, 15) is 9.59 Å². The molecule has 220 valence electrons. The molecule has 5 aliphatic rings. The van der Waals surface area contributed by atoms with Gasteiger partial charge in [-0.25, -0.2) is 4.79 Å². The predicted molar refractivity (Wildman–Crippen MR) is 154 cm³/mol. The number of likely N-dealkylation sites (tertiary alicyclic amines) is 1. The lowest BCUT2D eigenvalue weighted by molar-refractivity contribution is -0.199. The Balaban J connectivity index is 1.15. The molecule has 1 N–H and O–H groups in total. The van der Waals surface area contributed by atoms with Crippen LogP contribution < -0.4 is 5.32 Å². The first kappa shape index (κ1) is 29.4. The average Bonchev–Trinajstić information content (AvgIpc) is 3.49. The fraction of sp³-hybridized carbons (Fsp3) is 0.742. The van der Waals surface area contributed by atoms with Crippen LogP contribution in [0.3, 0.4) is 0 Å². The Morgan fingerprint density at radius 1 is 1.18 bits per heavy atom. The maximum atomic E-state index is 13.1. The summed E-state index contributed by atoms with van der Waals surface area (Å²) < 4.78 is 24.7. The smallest absolute Gasteiger partial charge is 0.444 e. The molecule has 2 amide bonds. The van der Waals surface area contributed by atoms with E-state index in [2.05, 4.69) is 38.2 Å². The summed E-state index contributed by atoms with van der Waals surface area (Å²) in [5.74, 6) is 0.748. The maximum Gasteiger partial charge on any atom is 0.482 e. The maximum absolute atomic E-state index is 13.1. The molecule has 6 atom stereocenters. The van der Waals surface area contributed by atoms with Crippen LogP contribution in [0.5, 0.6) is 0 Å².